The fourth-order valence-electron chi connectivity index (χ4n) is 3.02. The van der Waals surface area contributed by atoms with Crippen LogP contribution in [0.5, 0.6) is 0 Å². The van der Waals surface area contributed by atoms with Crippen molar-refractivity contribution in [1.82, 2.24) is 14.8 Å². The lowest BCUT2D eigenvalue weighted by Crippen LogP contribution is -2.32. The fraction of sp³-hybridized carbons (Fsp3) is 0.227. The Morgan fingerprint density at radius 1 is 1.19 bits per heavy atom. The summed E-state index contributed by atoms with van der Waals surface area (Å²) in [5, 5.41) is 3.22. The summed E-state index contributed by atoms with van der Waals surface area (Å²) in [6, 6.07) is 8.90. The third-order valence-corrected chi connectivity index (χ3v) is 4.43. The maximum Gasteiger partial charge on any atom is 0.244 e. The maximum atomic E-state index is 3.85. The van der Waals surface area contributed by atoms with Gasteiger partial charge in [-0.25, -0.2) is 9.13 Å². The molecular weight excluding hydrogens is 320 g/mol. The Morgan fingerprint density at radius 2 is 2.00 bits per heavy atom. The van der Waals surface area contributed by atoms with Crippen LogP contribution in [-0.4, -0.2) is 22.6 Å². The first-order valence-electron chi connectivity index (χ1n) is 8.97. The van der Waals surface area contributed by atoms with Crippen molar-refractivity contribution < 1.29 is 4.57 Å². The molecule has 1 aromatic carbocycles. The first-order valence-corrected chi connectivity index (χ1v) is 8.97. The van der Waals surface area contributed by atoms with Gasteiger partial charge in [0.05, 0.1) is 0 Å². The number of imidazole rings is 1. The molecule has 0 fully saturated rings. The molecule has 0 bridgehead atoms. The predicted octanol–water partition coefficient (Wildman–Crippen LogP) is 3.00. The van der Waals surface area contributed by atoms with E-state index in [4.69, 9.17) is 0 Å². The number of aromatic nitrogens is 2. The van der Waals surface area contributed by atoms with Gasteiger partial charge in [-0.15, -0.1) is 0 Å². The average molecular weight is 347 g/mol. The molecule has 1 aliphatic heterocycles. The summed E-state index contributed by atoms with van der Waals surface area (Å²) >= 11 is 0. The Labute approximate surface area is 156 Å². The van der Waals surface area contributed by atoms with E-state index in [1.54, 1.807) is 6.08 Å². The zero-order valence-corrected chi connectivity index (χ0v) is 15.2. The van der Waals surface area contributed by atoms with Gasteiger partial charge in [0.15, 0.2) is 0 Å². The van der Waals surface area contributed by atoms with Crippen molar-refractivity contribution in [2.45, 2.75) is 19.6 Å². The topological polar surface area (TPSA) is 24.1 Å². The maximum absolute atomic E-state index is 3.85. The summed E-state index contributed by atoms with van der Waals surface area (Å²) in [6.45, 7) is 12.3. The number of nitrogens with one attached hydrogen (secondary N) is 1. The molecule has 0 aliphatic carbocycles. The van der Waals surface area contributed by atoms with Gasteiger partial charge < -0.3 is 10.2 Å². The molecule has 0 radical (unpaired) electrons. The predicted molar refractivity (Wildman–Crippen MR) is 106 cm³/mol. The molecule has 0 spiro atoms. The zero-order chi connectivity index (χ0) is 18.2. The van der Waals surface area contributed by atoms with Gasteiger partial charge in [-0.1, -0.05) is 55.7 Å². The second-order valence-corrected chi connectivity index (χ2v) is 6.50. The smallest absolute Gasteiger partial charge is 0.244 e. The molecule has 2 heterocycles. The Bertz CT molecular complexity index is 796. The summed E-state index contributed by atoms with van der Waals surface area (Å²) in [4.78, 5) is 2.33. The molecule has 26 heavy (non-hydrogen) atoms. The molecule has 0 saturated heterocycles. The minimum atomic E-state index is 0.805. The van der Waals surface area contributed by atoms with Crippen molar-refractivity contribution in [3.63, 3.8) is 0 Å². The Morgan fingerprint density at radius 3 is 2.69 bits per heavy atom. The van der Waals surface area contributed by atoms with Gasteiger partial charge in [0.2, 0.25) is 6.33 Å². The van der Waals surface area contributed by atoms with Crippen molar-refractivity contribution in [3.05, 3.63) is 103 Å². The molecule has 3 rings (SSSR count). The monoisotopic (exact) mass is 347 g/mol. The Kier molecular flexibility index (Phi) is 6.09. The first kappa shape index (κ1) is 17.8. The third kappa shape index (κ3) is 4.99. The van der Waals surface area contributed by atoms with E-state index in [9.17, 15) is 0 Å². The number of allylic oxidation sites excluding steroid dienone is 4. The SMILES string of the molecule is C=C/C=C(\C=C)Cn1cc[n+](Cc2ccc(CN3C=CNCC3)cc2)c1. The molecule has 2 aromatic rings. The highest BCUT2D eigenvalue weighted by Crippen LogP contribution is 2.09. The van der Waals surface area contributed by atoms with Crippen LogP contribution in [0.25, 0.3) is 0 Å². The van der Waals surface area contributed by atoms with Crippen LogP contribution in [-0.2, 0) is 19.6 Å². The molecule has 1 N–H and O–H groups in total. The number of nitrogens with zero attached hydrogens (tertiary/aromatic N) is 3. The Hall–Kier alpha value is -3.01. The van der Waals surface area contributed by atoms with E-state index < -0.39 is 0 Å². The van der Waals surface area contributed by atoms with Crippen molar-refractivity contribution >= 4 is 0 Å². The van der Waals surface area contributed by atoms with Crippen molar-refractivity contribution in [3.8, 4) is 0 Å². The molecular formula is C22H27N4+. The molecule has 1 aromatic heterocycles. The number of benzene rings is 1. The van der Waals surface area contributed by atoms with Gasteiger partial charge in [-0.05, 0) is 16.7 Å². The van der Waals surface area contributed by atoms with Gasteiger partial charge in [0, 0.05) is 32.0 Å². The lowest BCUT2D eigenvalue weighted by molar-refractivity contribution is -0.687. The van der Waals surface area contributed by atoms with Crippen LogP contribution in [0.3, 0.4) is 0 Å². The van der Waals surface area contributed by atoms with E-state index in [2.05, 4.69) is 81.7 Å². The fourth-order valence-corrected chi connectivity index (χ4v) is 3.02. The van der Waals surface area contributed by atoms with E-state index in [0.717, 1.165) is 38.3 Å². The quantitative estimate of drug-likeness (QED) is 0.586. The van der Waals surface area contributed by atoms with Crippen LogP contribution < -0.4 is 9.88 Å². The van der Waals surface area contributed by atoms with Gasteiger partial charge >= 0.3 is 0 Å². The van der Waals surface area contributed by atoms with E-state index in [0.29, 0.717) is 0 Å². The van der Waals surface area contributed by atoms with Crippen LogP contribution in [0.15, 0.2) is 92.3 Å². The molecule has 1 aliphatic rings. The summed E-state index contributed by atoms with van der Waals surface area (Å²) in [5.74, 6) is 0. The van der Waals surface area contributed by atoms with Gasteiger partial charge in [-0.2, -0.15) is 0 Å². The summed E-state index contributed by atoms with van der Waals surface area (Å²) in [6.07, 6.45) is 16.1. The highest BCUT2D eigenvalue weighted by atomic mass is 15.1. The minimum absolute atomic E-state index is 0.805. The lowest BCUT2D eigenvalue weighted by atomic mass is 10.1. The molecule has 0 amide bonds. The van der Waals surface area contributed by atoms with Crippen LogP contribution in [0.1, 0.15) is 11.1 Å². The average Bonchev–Trinajstić information content (AvgIpc) is 3.11. The first-order chi connectivity index (χ1) is 12.8. The van der Waals surface area contributed by atoms with Crippen molar-refractivity contribution in [1.29, 1.82) is 0 Å². The minimum Gasteiger partial charge on any atom is -0.388 e. The zero-order valence-electron chi connectivity index (χ0n) is 15.2. The van der Waals surface area contributed by atoms with Crippen LogP contribution in [0.2, 0.25) is 0 Å². The van der Waals surface area contributed by atoms with E-state index >= 15 is 0 Å². The number of rotatable bonds is 8. The molecule has 0 unspecified atom stereocenters. The normalized spacial score (nSPS) is 14.2. The van der Waals surface area contributed by atoms with Crippen molar-refractivity contribution in [2.75, 3.05) is 13.1 Å². The molecule has 0 saturated carbocycles. The van der Waals surface area contributed by atoms with E-state index in [1.807, 2.05) is 18.4 Å². The van der Waals surface area contributed by atoms with Crippen molar-refractivity contribution in [2.24, 2.45) is 0 Å². The Balaban J connectivity index is 1.58. The van der Waals surface area contributed by atoms with Gasteiger partial charge in [0.1, 0.15) is 25.5 Å². The second kappa shape index (κ2) is 8.90. The highest BCUT2D eigenvalue weighted by Gasteiger charge is 2.07. The van der Waals surface area contributed by atoms with Crippen LogP contribution >= 0.6 is 0 Å². The third-order valence-electron chi connectivity index (χ3n) is 4.43. The summed E-state index contributed by atoms with van der Waals surface area (Å²) < 4.78 is 4.35. The lowest BCUT2D eigenvalue weighted by Gasteiger charge is -2.24. The van der Waals surface area contributed by atoms with E-state index in [-0.39, 0.29) is 0 Å². The number of hydrogen-bond donors (Lipinski definition) is 1. The number of hydrogen-bond acceptors (Lipinski definition) is 2. The van der Waals surface area contributed by atoms with Crippen LogP contribution in [0, 0.1) is 0 Å². The van der Waals surface area contributed by atoms with Crippen LogP contribution in [0.4, 0.5) is 0 Å². The highest BCUT2D eigenvalue weighted by molar-refractivity contribution is 5.22. The largest absolute Gasteiger partial charge is 0.388 e. The van der Waals surface area contributed by atoms with E-state index in [1.165, 1.54) is 11.1 Å². The molecule has 0 atom stereocenters. The summed E-state index contributed by atoms with van der Waals surface area (Å²) in [5.41, 5.74) is 3.79. The molecule has 4 nitrogen and oxygen atoms in total. The summed E-state index contributed by atoms with van der Waals surface area (Å²) in [7, 11) is 0. The molecule has 134 valence electrons. The van der Waals surface area contributed by atoms with Gasteiger partial charge in [0.25, 0.3) is 0 Å². The standard InChI is InChI=1S/C22H27N4/c1-3-5-20(4-2)16-25-14-15-26(19-25)18-22-8-6-21(7-9-22)17-24-12-10-23-11-13-24/h3-10,12,14-15,19,23H,1-2,11,13,16-18H2/q+1/b20-5+. The second-order valence-electron chi connectivity index (χ2n) is 6.50. The molecule has 4 heteroatoms. The van der Waals surface area contributed by atoms with Gasteiger partial charge in [-0.3, -0.25) is 0 Å².